The van der Waals surface area contributed by atoms with E-state index in [9.17, 15) is 9.90 Å². The van der Waals surface area contributed by atoms with Crippen molar-refractivity contribution in [2.45, 2.75) is 19.3 Å². The van der Waals surface area contributed by atoms with Crippen LogP contribution in [0.1, 0.15) is 24.8 Å². The van der Waals surface area contributed by atoms with E-state index < -0.39 is 0 Å². The number of hydrogen-bond acceptors (Lipinski definition) is 3. The van der Waals surface area contributed by atoms with Crippen molar-refractivity contribution >= 4 is 11.9 Å². The van der Waals surface area contributed by atoms with Gasteiger partial charge in [0.15, 0.2) is 5.78 Å². The summed E-state index contributed by atoms with van der Waals surface area (Å²) in [7, 11) is 1.61. The van der Waals surface area contributed by atoms with Gasteiger partial charge in [-0.1, -0.05) is 18.2 Å². The Morgan fingerprint density at radius 3 is 2.94 bits per heavy atom. The first-order chi connectivity index (χ1) is 8.76. The lowest BCUT2D eigenvalue weighted by Crippen LogP contribution is -2.21. The Labute approximate surface area is 107 Å². The molecular weight excluding hydrogens is 228 g/mol. The first kappa shape index (κ1) is 12.8. The average molecular weight is 246 g/mol. The third kappa shape index (κ3) is 2.62. The van der Waals surface area contributed by atoms with Gasteiger partial charge in [-0.15, -0.1) is 0 Å². The van der Waals surface area contributed by atoms with Crippen LogP contribution in [0.15, 0.2) is 29.8 Å². The lowest BCUT2D eigenvalue weighted by Gasteiger charge is -2.22. The number of aliphatic hydroxyl groups excluding tert-OH is 1. The SMILES string of the molecule is COc1ccccc1/C=C1\C(=O)CCCC1CO. The zero-order valence-corrected chi connectivity index (χ0v) is 10.6. The predicted molar refractivity (Wildman–Crippen MR) is 70.4 cm³/mol. The van der Waals surface area contributed by atoms with Gasteiger partial charge in [-0.2, -0.15) is 0 Å². The molecule has 1 aliphatic rings. The number of Topliss-reactive ketones (excluding diaryl/α,β-unsaturated/α-hetero) is 1. The van der Waals surface area contributed by atoms with Crippen LogP contribution >= 0.6 is 0 Å². The molecule has 0 aliphatic heterocycles. The zero-order valence-electron chi connectivity index (χ0n) is 10.6. The van der Waals surface area contributed by atoms with Gasteiger partial charge in [0.05, 0.1) is 13.7 Å². The maximum absolute atomic E-state index is 11.9. The van der Waals surface area contributed by atoms with E-state index in [0.29, 0.717) is 6.42 Å². The number of aliphatic hydroxyl groups is 1. The number of rotatable bonds is 3. The Morgan fingerprint density at radius 2 is 2.22 bits per heavy atom. The largest absolute Gasteiger partial charge is 0.496 e. The van der Waals surface area contributed by atoms with Gasteiger partial charge in [-0.3, -0.25) is 4.79 Å². The van der Waals surface area contributed by atoms with Crippen molar-refractivity contribution in [3.63, 3.8) is 0 Å². The van der Waals surface area contributed by atoms with Crippen molar-refractivity contribution < 1.29 is 14.6 Å². The molecule has 0 amide bonds. The summed E-state index contributed by atoms with van der Waals surface area (Å²) in [4.78, 5) is 11.9. The molecule has 1 atom stereocenters. The highest BCUT2D eigenvalue weighted by atomic mass is 16.5. The fourth-order valence-electron chi connectivity index (χ4n) is 2.38. The summed E-state index contributed by atoms with van der Waals surface area (Å²) in [5.41, 5.74) is 1.62. The fraction of sp³-hybridized carbons (Fsp3) is 0.400. The van der Waals surface area contributed by atoms with Crippen LogP contribution in [0.5, 0.6) is 5.75 Å². The van der Waals surface area contributed by atoms with Crippen LogP contribution in [0, 0.1) is 5.92 Å². The van der Waals surface area contributed by atoms with Crippen molar-refractivity contribution in [2.24, 2.45) is 5.92 Å². The predicted octanol–water partition coefficient (Wildman–Crippen LogP) is 2.44. The highest BCUT2D eigenvalue weighted by molar-refractivity contribution is 6.01. The molecule has 1 N–H and O–H groups in total. The van der Waals surface area contributed by atoms with Gasteiger partial charge in [0.2, 0.25) is 0 Å². The smallest absolute Gasteiger partial charge is 0.159 e. The molecule has 3 nitrogen and oxygen atoms in total. The molecule has 1 aromatic rings. The van der Waals surface area contributed by atoms with E-state index >= 15 is 0 Å². The summed E-state index contributed by atoms with van der Waals surface area (Å²) in [6, 6.07) is 7.60. The van der Waals surface area contributed by atoms with E-state index in [1.54, 1.807) is 7.11 Å². The number of para-hydroxylation sites is 1. The van der Waals surface area contributed by atoms with Crippen LogP contribution in [0.4, 0.5) is 0 Å². The lowest BCUT2D eigenvalue weighted by molar-refractivity contribution is -0.117. The molecule has 2 rings (SSSR count). The standard InChI is InChI=1S/C15H18O3/c1-18-15-8-3-2-5-11(15)9-13-12(10-16)6-4-7-14(13)17/h2-3,5,8-9,12,16H,4,6-7,10H2,1H3/b13-9-. The van der Waals surface area contributed by atoms with Gasteiger partial charge in [-0.05, 0) is 25.0 Å². The summed E-state index contributed by atoms with van der Waals surface area (Å²) in [6.45, 7) is 0.0344. The van der Waals surface area contributed by atoms with E-state index in [-0.39, 0.29) is 18.3 Å². The van der Waals surface area contributed by atoms with Crippen LogP contribution in [0.2, 0.25) is 0 Å². The van der Waals surface area contributed by atoms with Crippen molar-refractivity contribution in [1.82, 2.24) is 0 Å². The number of ketones is 1. The second kappa shape index (κ2) is 5.83. The van der Waals surface area contributed by atoms with Crippen molar-refractivity contribution in [3.05, 3.63) is 35.4 Å². The summed E-state index contributed by atoms with van der Waals surface area (Å²) in [5.74, 6) is 0.863. The highest BCUT2D eigenvalue weighted by Gasteiger charge is 2.25. The molecule has 1 aromatic carbocycles. The quantitative estimate of drug-likeness (QED) is 0.833. The Bertz CT molecular complexity index is 463. The summed E-state index contributed by atoms with van der Waals surface area (Å²) in [5, 5.41) is 9.36. The van der Waals surface area contributed by atoms with Crippen molar-refractivity contribution in [3.8, 4) is 5.75 Å². The molecule has 1 aliphatic carbocycles. The lowest BCUT2D eigenvalue weighted by atomic mass is 9.83. The second-order valence-corrected chi connectivity index (χ2v) is 4.54. The number of benzene rings is 1. The summed E-state index contributed by atoms with van der Waals surface area (Å²) >= 11 is 0. The minimum atomic E-state index is -0.0313. The summed E-state index contributed by atoms with van der Waals surface area (Å²) in [6.07, 6.45) is 4.19. The van der Waals surface area contributed by atoms with Crippen molar-refractivity contribution in [2.75, 3.05) is 13.7 Å². The van der Waals surface area contributed by atoms with Gasteiger partial charge in [0.1, 0.15) is 5.75 Å². The third-order valence-corrected chi connectivity index (χ3v) is 3.39. The van der Waals surface area contributed by atoms with Crippen LogP contribution in [0.25, 0.3) is 6.08 Å². The first-order valence-corrected chi connectivity index (χ1v) is 6.25. The van der Waals surface area contributed by atoms with Crippen LogP contribution in [-0.4, -0.2) is 24.6 Å². The maximum Gasteiger partial charge on any atom is 0.159 e. The molecule has 18 heavy (non-hydrogen) atoms. The summed E-state index contributed by atoms with van der Waals surface area (Å²) < 4.78 is 5.27. The van der Waals surface area contributed by atoms with Crippen LogP contribution < -0.4 is 4.74 Å². The normalized spacial score (nSPS) is 22.2. The Morgan fingerprint density at radius 1 is 1.44 bits per heavy atom. The molecule has 0 aromatic heterocycles. The molecule has 0 radical (unpaired) electrons. The molecule has 3 heteroatoms. The van der Waals surface area contributed by atoms with E-state index in [1.165, 1.54) is 0 Å². The van der Waals surface area contributed by atoms with Crippen molar-refractivity contribution in [1.29, 1.82) is 0 Å². The number of methoxy groups -OCH3 is 1. The Kier molecular flexibility index (Phi) is 4.15. The molecule has 0 spiro atoms. The monoisotopic (exact) mass is 246 g/mol. The third-order valence-electron chi connectivity index (χ3n) is 3.39. The van der Waals surface area contributed by atoms with E-state index in [4.69, 9.17) is 4.74 Å². The Hall–Kier alpha value is -1.61. The van der Waals surface area contributed by atoms with E-state index in [2.05, 4.69) is 0 Å². The van der Waals surface area contributed by atoms with Crippen LogP contribution in [-0.2, 0) is 4.79 Å². The number of hydrogen-bond donors (Lipinski definition) is 1. The highest BCUT2D eigenvalue weighted by Crippen LogP contribution is 2.30. The van der Waals surface area contributed by atoms with Gasteiger partial charge < -0.3 is 9.84 Å². The zero-order chi connectivity index (χ0) is 13.0. The number of carbonyl (C=O) groups is 1. The molecule has 0 bridgehead atoms. The molecule has 96 valence electrons. The average Bonchev–Trinajstić information content (AvgIpc) is 2.41. The molecule has 1 unspecified atom stereocenters. The number of carbonyl (C=O) groups excluding carboxylic acids is 1. The fourth-order valence-corrected chi connectivity index (χ4v) is 2.38. The van der Waals surface area contributed by atoms with Gasteiger partial charge in [0.25, 0.3) is 0 Å². The minimum absolute atomic E-state index is 0.0313. The second-order valence-electron chi connectivity index (χ2n) is 4.54. The molecule has 1 saturated carbocycles. The maximum atomic E-state index is 11.9. The van der Waals surface area contributed by atoms with E-state index in [1.807, 2.05) is 30.3 Å². The molecule has 0 heterocycles. The molecule has 1 fully saturated rings. The topological polar surface area (TPSA) is 46.5 Å². The first-order valence-electron chi connectivity index (χ1n) is 6.25. The van der Waals surface area contributed by atoms with Gasteiger partial charge in [-0.25, -0.2) is 0 Å². The number of ether oxygens (including phenoxy) is 1. The van der Waals surface area contributed by atoms with Crippen LogP contribution in [0.3, 0.4) is 0 Å². The van der Waals surface area contributed by atoms with Gasteiger partial charge in [0, 0.05) is 23.5 Å². The van der Waals surface area contributed by atoms with Gasteiger partial charge >= 0.3 is 0 Å². The molecular formula is C15H18O3. The van der Waals surface area contributed by atoms with E-state index in [0.717, 1.165) is 29.7 Å². The Balaban J connectivity index is 2.37. The minimum Gasteiger partial charge on any atom is -0.496 e. The molecule has 0 saturated heterocycles.